The lowest BCUT2D eigenvalue weighted by molar-refractivity contribution is -0.383. The van der Waals surface area contributed by atoms with Gasteiger partial charge < -0.3 is 11.1 Å². The van der Waals surface area contributed by atoms with Crippen molar-refractivity contribution in [3.63, 3.8) is 0 Å². The van der Waals surface area contributed by atoms with E-state index < -0.39 is 26.4 Å². The van der Waals surface area contributed by atoms with Gasteiger partial charge in [0.1, 0.15) is 4.21 Å². The summed E-state index contributed by atoms with van der Waals surface area (Å²) in [5.74, 6) is -0.657. The molecule has 0 aliphatic carbocycles. The van der Waals surface area contributed by atoms with Crippen LogP contribution in [-0.4, -0.2) is 31.8 Å². The van der Waals surface area contributed by atoms with Gasteiger partial charge in [0.05, 0.1) is 4.92 Å². The molecule has 4 N–H and O–H groups in total. The molecule has 11 heteroatoms. The van der Waals surface area contributed by atoms with Crippen molar-refractivity contribution in [2.45, 2.75) is 30.0 Å². The summed E-state index contributed by atoms with van der Waals surface area (Å²) >= 11 is 0.735. The SMILES string of the molecule is CNc1sc(S(=O)(=O)NC(C)(C)CC(N)=O)cc1[N+](=O)[O-]. The number of carbonyl (C=O) groups is 1. The molecule has 1 aromatic rings. The van der Waals surface area contributed by atoms with E-state index in [0.29, 0.717) is 0 Å². The zero-order valence-corrected chi connectivity index (χ0v) is 13.3. The summed E-state index contributed by atoms with van der Waals surface area (Å²) in [4.78, 5) is 21.1. The number of anilines is 1. The van der Waals surface area contributed by atoms with Crippen molar-refractivity contribution in [2.75, 3.05) is 12.4 Å². The Balaban J connectivity index is 3.14. The Morgan fingerprint density at radius 1 is 1.52 bits per heavy atom. The molecule has 0 aliphatic rings. The molecule has 1 rings (SSSR count). The zero-order valence-electron chi connectivity index (χ0n) is 11.7. The first-order valence-corrected chi connectivity index (χ1v) is 8.07. The van der Waals surface area contributed by atoms with Crippen LogP contribution in [0.1, 0.15) is 20.3 Å². The van der Waals surface area contributed by atoms with Crippen LogP contribution in [0.2, 0.25) is 0 Å². The predicted octanol–water partition coefficient (Wildman–Crippen LogP) is 0.630. The third-order valence-corrected chi connectivity index (χ3v) is 5.72. The van der Waals surface area contributed by atoms with Crippen LogP contribution < -0.4 is 15.8 Å². The monoisotopic (exact) mass is 336 g/mol. The zero-order chi connectivity index (χ0) is 16.4. The van der Waals surface area contributed by atoms with Crippen molar-refractivity contribution in [1.29, 1.82) is 0 Å². The highest BCUT2D eigenvalue weighted by molar-refractivity contribution is 7.91. The van der Waals surface area contributed by atoms with Crippen LogP contribution in [-0.2, 0) is 14.8 Å². The Kier molecular flexibility index (Phi) is 4.91. The van der Waals surface area contributed by atoms with E-state index in [1.54, 1.807) is 0 Å². The van der Waals surface area contributed by atoms with Gasteiger partial charge in [-0.3, -0.25) is 14.9 Å². The van der Waals surface area contributed by atoms with E-state index in [1.165, 1.54) is 20.9 Å². The van der Waals surface area contributed by atoms with Crippen molar-refractivity contribution < 1.29 is 18.1 Å². The standard InChI is InChI=1S/C10H16N4O5S2/c1-10(2,5-7(11)15)13-21(18,19)8-4-6(14(16)17)9(12-3)20-8/h4,12-13H,5H2,1-3H3,(H2,11,15). The minimum absolute atomic E-state index is 0.132. The first-order chi connectivity index (χ1) is 9.48. The molecule has 1 heterocycles. The smallest absolute Gasteiger partial charge is 0.304 e. The van der Waals surface area contributed by atoms with Crippen LogP contribution in [0.15, 0.2) is 10.3 Å². The Labute approximate surface area is 125 Å². The maximum atomic E-state index is 12.2. The van der Waals surface area contributed by atoms with Crippen LogP contribution >= 0.6 is 11.3 Å². The van der Waals surface area contributed by atoms with Crippen LogP contribution in [0, 0.1) is 10.1 Å². The van der Waals surface area contributed by atoms with Gasteiger partial charge in [0.2, 0.25) is 5.91 Å². The third kappa shape index (κ3) is 4.37. The molecule has 0 saturated carbocycles. The van der Waals surface area contributed by atoms with Gasteiger partial charge in [-0.15, -0.1) is 0 Å². The molecule has 118 valence electrons. The predicted molar refractivity (Wildman–Crippen MR) is 78.7 cm³/mol. The highest BCUT2D eigenvalue weighted by atomic mass is 32.2. The number of primary amides is 1. The maximum absolute atomic E-state index is 12.2. The fourth-order valence-corrected chi connectivity index (χ4v) is 4.39. The van der Waals surface area contributed by atoms with E-state index in [0.717, 1.165) is 17.4 Å². The molecule has 0 saturated heterocycles. The summed E-state index contributed by atoms with van der Waals surface area (Å²) in [5, 5.41) is 13.6. The molecule has 21 heavy (non-hydrogen) atoms. The fourth-order valence-electron chi connectivity index (χ4n) is 1.69. The Morgan fingerprint density at radius 2 is 2.10 bits per heavy atom. The van der Waals surface area contributed by atoms with Gasteiger partial charge in [-0.05, 0) is 13.8 Å². The van der Waals surface area contributed by atoms with E-state index in [-0.39, 0.29) is 21.3 Å². The summed E-state index contributed by atoms with van der Waals surface area (Å²) in [6, 6.07) is 0.971. The number of nitro groups is 1. The molecular weight excluding hydrogens is 320 g/mol. The number of rotatable bonds is 7. The minimum Gasteiger partial charge on any atom is -0.374 e. The van der Waals surface area contributed by atoms with Gasteiger partial charge >= 0.3 is 5.69 Å². The lowest BCUT2D eigenvalue weighted by Gasteiger charge is -2.23. The third-order valence-electron chi connectivity index (χ3n) is 2.41. The van der Waals surface area contributed by atoms with Gasteiger partial charge in [-0.1, -0.05) is 11.3 Å². The van der Waals surface area contributed by atoms with Crippen molar-refractivity contribution in [3.8, 4) is 0 Å². The number of nitrogens with zero attached hydrogens (tertiary/aromatic N) is 1. The average Bonchev–Trinajstić information content (AvgIpc) is 2.69. The fraction of sp³-hybridized carbons (Fsp3) is 0.500. The molecule has 0 atom stereocenters. The first kappa shape index (κ1) is 17.3. The second kappa shape index (κ2) is 5.95. The van der Waals surface area contributed by atoms with Crippen LogP contribution in [0.4, 0.5) is 10.7 Å². The highest BCUT2D eigenvalue weighted by Gasteiger charge is 2.31. The number of hydrogen-bond donors (Lipinski definition) is 3. The molecule has 1 aromatic heterocycles. The topological polar surface area (TPSA) is 144 Å². The second-order valence-electron chi connectivity index (χ2n) is 4.92. The summed E-state index contributed by atoms with van der Waals surface area (Å²) in [6.07, 6.45) is -0.196. The summed E-state index contributed by atoms with van der Waals surface area (Å²) < 4.78 is 26.6. The number of thiophene rings is 1. The average molecular weight is 336 g/mol. The molecule has 0 aromatic carbocycles. The lowest BCUT2D eigenvalue weighted by atomic mass is 10.0. The van der Waals surface area contributed by atoms with Gasteiger partial charge in [0.15, 0.2) is 5.00 Å². The van der Waals surface area contributed by atoms with Crippen molar-refractivity contribution >= 4 is 38.0 Å². The summed E-state index contributed by atoms with van der Waals surface area (Å²) in [6.45, 7) is 2.99. The van der Waals surface area contributed by atoms with Crippen LogP contribution in [0.3, 0.4) is 0 Å². The molecule has 0 fully saturated rings. The van der Waals surface area contributed by atoms with Gasteiger partial charge in [-0.2, -0.15) is 0 Å². The van der Waals surface area contributed by atoms with Crippen LogP contribution in [0.5, 0.6) is 0 Å². The molecule has 0 unspecified atom stereocenters. The summed E-state index contributed by atoms with van der Waals surface area (Å²) in [7, 11) is -2.53. The molecule has 9 nitrogen and oxygen atoms in total. The van der Waals surface area contributed by atoms with Gasteiger partial charge in [0.25, 0.3) is 10.0 Å². The molecule has 0 spiro atoms. The molecule has 1 amide bonds. The second-order valence-corrected chi connectivity index (χ2v) is 7.88. The number of nitrogens with one attached hydrogen (secondary N) is 2. The molecule has 0 radical (unpaired) electrons. The summed E-state index contributed by atoms with van der Waals surface area (Å²) in [5.41, 5.74) is 3.64. The number of nitrogens with two attached hydrogens (primary N) is 1. The van der Waals surface area contributed by atoms with E-state index in [2.05, 4.69) is 10.0 Å². The van der Waals surface area contributed by atoms with Crippen molar-refractivity contribution in [1.82, 2.24) is 4.72 Å². The highest BCUT2D eigenvalue weighted by Crippen LogP contribution is 2.36. The largest absolute Gasteiger partial charge is 0.374 e. The Morgan fingerprint density at radius 3 is 2.48 bits per heavy atom. The van der Waals surface area contributed by atoms with Gasteiger partial charge in [-0.25, -0.2) is 13.1 Å². The van der Waals surface area contributed by atoms with Crippen LogP contribution in [0.25, 0.3) is 0 Å². The molecule has 0 aliphatic heterocycles. The van der Waals surface area contributed by atoms with Crippen molar-refractivity contribution in [2.24, 2.45) is 5.73 Å². The minimum atomic E-state index is -3.99. The molecular formula is C10H16N4O5S2. The number of hydrogen-bond acceptors (Lipinski definition) is 7. The van der Waals surface area contributed by atoms with E-state index in [9.17, 15) is 23.3 Å². The van der Waals surface area contributed by atoms with E-state index in [4.69, 9.17) is 5.73 Å². The number of carbonyl (C=O) groups excluding carboxylic acids is 1. The number of amides is 1. The maximum Gasteiger partial charge on any atom is 0.304 e. The van der Waals surface area contributed by atoms with E-state index in [1.807, 2.05) is 0 Å². The van der Waals surface area contributed by atoms with Gasteiger partial charge in [0, 0.05) is 25.1 Å². The van der Waals surface area contributed by atoms with E-state index >= 15 is 0 Å². The van der Waals surface area contributed by atoms with Crippen molar-refractivity contribution in [3.05, 3.63) is 16.2 Å². The lowest BCUT2D eigenvalue weighted by Crippen LogP contribution is -2.45. The Hall–Kier alpha value is -1.72. The quantitative estimate of drug-likeness (QED) is 0.492. The number of sulfonamides is 1. The molecule has 0 bridgehead atoms. The Bertz CT molecular complexity index is 665. The normalized spacial score (nSPS) is 12.1. The first-order valence-electron chi connectivity index (χ1n) is 5.77.